The summed E-state index contributed by atoms with van der Waals surface area (Å²) in [6, 6.07) is 7.11. The van der Waals surface area contributed by atoms with Crippen LogP contribution in [0.25, 0.3) is 0 Å². The zero-order chi connectivity index (χ0) is 25.6. The van der Waals surface area contributed by atoms with E-state index in [1.807, 2.05) is 6.92 Å². The van der Waals surface area contributed by atoms with Gasteiger partial charge in [-0.05, 0) is 37.1 Å². The lowest BCUT2D eigenvalue weighted by Gasteiger charge is -2.21. The Morgan fingerprint density at radius 3 is 2.24 bits per heavy atom. The number of ether oxygens (including phenoxy) is 1. The fourth-order valence-corrected chi connectivity index (χ4v) is 2.80. The highest BCUT2D eigenvalue weighted by molar-refractivity contribution is 5.98. The van der Waals surface area contributed by atoms with Crippen molar-refractivity contribution in [1.82, 2.24) is 5.32 Å². The Bertz CT molecular complexity index is 1080. The number of benzene rings is 2. The molecule has 12 heteroatoms. The van der Waals surface area contributed by atoms with E-state index in [9.17, 15) is 37.7 Å². The minimum atomic E-state index is -4.81. The smallest absolute Gasteiger partial charge is 0.416 e. The van der Waals surface area contributed by atoms with E-state index in [0.717, 1.165) is 11.6 Å². The van der Waals surface area contributed by atoms with Crippen molar-refractivity contribution in [2.45, 2.75) is 33.0 Å². The summed E-state index contributed by atoms with van der Waals surface area (Å²) in [7, 11) is 0. The number of aryl methyl sites for hydroxylation is 1. The summed E-state index contributed by atoms with van der Waals surface area (Å²) >= 11 is 0. The maximum atomic E-state index is 12.8. The number of anilines is 1. The van der Waals surface area contributed by atoms with Gasteiger partial charge in [-0.15, -0.1) is 0 Å². The molecule has 2 aromatic carbocycles. The molecule has 0 saturated carbocycles. The summed E-state index contributed by atoms with van der Waals surface area (Å²) in [5.74, 6) is -2.86. The number of halogens is 3. The molecular weight excluding hydrogens is 459 g/mol. The first kappa shape index (κ1) is 26.3. The Morgan fingerprint density at radius 2 is 1.71 bits per heavy atom. The van der Waals surface area contributed by atoms with Crippen LogP contribution in [0.1, 0.15) is 35.3 Å². The molecule has 34 heavy (non-hydrogen) atoms. The molecule has 182 valence electrons. The van der Waals surface area contributed by atoms with Gasteiger partial charge in [0.25, 0.3) is 17.5 Å². The molecule has 2 N–H and O–H groups in total. The van der Waals surface area contributed by atoms with Crippen LogP contribution in [-0.2, 0) is 20.5 Å². The second-order valence-electron chi connectivity index (χ2n) is 7.70. The predicted octanol–water partition coefficient (Wildman–Crippen LogP) is 3.86. The van der Waals surface area contributed by atoms with Crippen LogP contribution in [0.15, 0.2) is 42.5 Å². The van der Waals surface area contributed by atoms with Gasteiger partial charge in [-0.1, -0.05) is 31.5 Å². The van der Waals surface area contributed by atoms with Crippen LogP contribution < -0.4 is 10.6 Å². The number of amides is 2. The third-order valence-corrected chi connectivity index (χ3v) is 4.66. The van der Waals surface area contributed by atoms with E-state index < -0.39 is 64.4 Å². The van der Waals surface area contributed by atoms with Crippen LogP contribution in [0.5, 0.6) is 0 Å². The number of nitro groups is 1. The van der Waals surface area contributed by atoms with E-state index >= 15 is 0 Å². The molecule has 0 saturated heterocycles. The van der Waals surface area contributed by atoms with Crippen LogP contribution >= 0.6 is 0 Å². The first-order chi connectivity index (χ1) is 15.8. The largest absolute Gasteiger partial charge is 0.454 e. The molecule has 2 rings (SSSR count). The minimum Gasteiger partial charge on any atom is -0.454 e. The number of nitrogens with zero attached hydrogens (tertiary/aromatic N) is 1. The number of alkyl halides is 3. The van der Waals surface area contributed by atoms with Crippen LogP contribution in [-0.4, -0.2) is 35.4 Å². The highest BCUT2D eigenvalue weighted by atomic mass is 19.4. The molecular formula is C22H22F3N3O6. The molecule has 0 heterocycles. The van der Waals surface area contributed by atoms with Gasteiger partial charge in [-0.2, -0.15) is 13.2 Å². The SMILES string of the molecule is Cc1ccc(C(=O)N[C@H](C(=O)OCC(=O)Nc2ccc(C(F)(F)F)cc2[N+](=O)[O-])C(C)C)cc1. The molecule has 2 aromatic rings. The molecule has 0 aliphatic heterocycles. The number of nitrogens with one attached hydrogen (secondary N) is 2. The topological polar surface area (TPSA) is 128 Å². The molecule has 0 aliphatic rings. The molecule has 0 radical (unpaired) electrons. The quantitative estimate of drug-likeness (QED) is 0.335. The molecule has 0 aromatic heterocycles. The number of rotatable bonds is 8. The van der Waals surface area contributed by atoms with Crippen LogP contribution in [0.2, 0.25) is 0 Å². The maximum Gasteiger partial charge on any atom is 0.416 e. The highest BCUT2D eigenvalue weighted by Gasteiger charge is 2.33. The van der Waals surface area contributed by atoms with E-state index in [2.05, 4.69) is 10.6 Å². The number of hydrogen-bond acceptors (Lipinski definition) is 6. The van der Waals surface area contributed by atoms with Gasteiger partial charge in [0.15, 0.2) is 6.61 Å². The standard InChI is InChI=1S/C22H22F3N3O6/c1-12(2)19(27-20(30)14-6-4-13(3)5-7-14)21(31)34-11-18(29)26-16-9-8-15(22(23,24)25)10-17(16)28(32)33/h4-10,12,19H,11H2,1-3H3,(H,26,29)(H,27,30)/t19-/m0/s1. The summed E-state index contributed by atoms with van der Waals surface area (Å²) in [5, 5.41) is 15.7. The Balaban J connectivity index is 2.03. The molecule has 0 spiro atoms. The number of esters is 1. The number of carbonyl (C=O) groups excluding carboxylic acids is 3. The molecule has 0 unspecified atom stereocenters. The van der Waals surface area contributed by atoms with Crippen molar-refractivity contribution in [3.8, 4) is 0 Å². The van der Waals surface area contributed by atoms with Crippen molar-refractivity contribution >= 4 is 29.2 Å². The lowest BCUT2D eigenvalue weighted by Crippen LogP contribution is -2.45. The lowest BCUT2D eigenvalue weighted by molar-refractivity contribution is -0.384. The average Bonchev–Trinajstić information content (AvgIpc) is 2.75. The Morgan fingerprint density at radius 1 is 1.09 bits per heavy atom. The zero-order valence-electron chi connectivity index (χ0n) is 18.4. The number of carbonyl (C=O) groups is 3. The second kappa shape index (κ2) is 10.8. The van der Waals surface area contributed by atoms with Crippen molar-refractivity contribution in [2.24, 2.45) is 5.92 Å². The third kappa shape index (κ3) is 7.02. The highest BCUT2D eigenvalue weighted by Crippen LogP contribution is 2.34. The van der Waals surface area contributed by atoms with Gasteiger partial charge in [-0.25, -0.2) is 4.79 Å². The Labute approximate surface area is 192 Å². The minimum absolute atomic E-state index is 0.289. The summed E-state index contributed by atoms with van der Waals surface area (Å²) in [6.45, 7) is 4.26. The van der Waals surface area contributed by atoms with E-state index in [1.54, 1.807) is 38.1 Å². The molecule has 1 atom stereocenters. The lowest BCUT2D eigenvalue weighted by atomic mass is 10.0. The van der Waals surface area contributed by atoms with Gasteiger partial charge < -0.3 is 15.4 Å². The predicted molar refractivity (Wildman–Crippen MR) is 115 cm³/mol. The van der Waals surface area contributed by atoms with Crippen molar-refractivity contribution in [3.63, 3.8) is 0 Å². The van der Waals surface area contributed by atoms with Gasteiger partial charge in [-0.3, -0.25) is 19.7 Å². The molecule has 2 amide bonds. The van der Waals surface area contributed by atoms with Gasteiger partial charge >= 0.3 is 12.1 Å². The van der Waals surface area contributed by atoms with Crippen molar-refractivity contribution < 1.29 is 37.2 Å². The van der Waals surface area contributed by atoms with E-state index in [1.165, 1.54) is 0 Å². The summed E-state index contributed by atoms with van der Waals surface area (Å²) < 4.78 is 43.3. The van der Waals surface area contributed by atoms with Gasteiger partial charge in [0, 0.05) is 11.6 Å². The second-order valence-corrected chi connectivity index (χ2v) is 7.70. The zero-order valence-corrected chi connectivity index (χ0v) is 18.4. The van der Waals surface area contributed by atoms with E-state index in [0.29, 0.717) is 11.6 Å². The molecule has 0 bridgehead atoms. The first-order valence-corrected chi connectivity index (χ1v) is 9.99. The number of nitro benzene ring substituents is 1. The normalized spacial score (nSPS) is 12.1. The monoisotopic (exact) mass is 481 g/mol. The van der Waals surface area contributed by atoms with Crippen molar-refractivity contribution in [1.29, 1.82) is 0 Å². The van der Waals surface area contributed by atoms with Gasteiger partial charge in [0.2, 0.25) is 0 Å². The van der Waals surface area contributed by atoms with E-state index in [-0.39, 0.29) is 6.07 Å². The Hall–Kier alpha value is -3.96. The third-order valence-electron chi connectivity index (χ3n) is 4.66. The van der Waals surface area contributed by atoms with Crippen molar-refractivity contribution in [2.75, 3.05) is 11.9 Å². The van der Waals surface area contributed by atoms with Gasteiger partial charge in [0.1, 0.15) is 11.7 Å². The summed E-state index contributed by atoms with van der Waals surface area (Å²) in [5.41, 5.74) is -1.47. The summed E-state index contributed by atoms with van der Waals surface area (Å²) in [4.78, 5) is 47.0. The van der Waals surface area contributed by atoms with Crippen molar-refractivity contribution in [3.05, 3.63) is 69.3 Å². The summed E-state index contributed by atoms with van der Waals surface area (Å²) in [6.07, 6.45) is -4.81. The van der Waals surface area contributed by atoms with Gasteiger partial charge in [0.05, 0.1) is 10.5 Å². The van der Waals surface area contributed by atoms with E-state index in [4.69, 9.17) is 4.74 Å². The molecule has 0 fully saturated rings. The average molecular weight is 481 g/mol. The van der Waals surface area contributed by atoms with Crippen LogP contribution in [0, 0.1) is 23.0 Å². The van der Waals surface area contributed by atoms with Crippen LogP contribution in [0.3, 0.4) is 0 Å². The first-order valence-electron chi connectivity index (χ1n) is 9.99. The number of hydrogen-bond donors (Lipinski definition) is 2. The Kier molecular flexibility index (Phi) is 8.33. The molecule has 9 nitrogen and oxygen atoms in total. The fraction of sp³-hybridized carbons (Fsp3) is 0.318. The van der Waals surface area contributed by atoms with Crippen LogP contribution in [0.4, 0.5) is 24.5 Å². The fourth-order valence-electron chi connectivity index (χ4n) is 2.80. The molecule has 0 aliphatic carbocycles. The maximum absolute atomic E-state index is 12.8.